The number of carbonyl (C=O) groups excluding carboxylic acids is 4. The lowest BCUT2D eigenvalue weighted by Crippen LogP contribution is -2.46. The number of aliphatic hydroxyl groups excluding tert-OH is 2. The van der Waals surface area contributed by atoms with Gasteiger partial charge in [-0.15, -0.1) is 0 Å². The first kappa shape index (κ1) is 47.8. The first-order chi connectivity index (χ1) is 31.2. The normalized spacial score (nSPS) is 29.9. The fourth-order valence-corrected chi connectivity index (χ4v) is 9.27. The van der Waals surface area contributed by atoms with Crippen LogP contribution in [0.25, 0.3) is 33.0 Å². The molecule has 1 fully saturated rings. The van der Waals surface area contributed by atoms with Crippen LogP contribution in [0.15, 0.2) is 57.5 Å². The molecule has 17 nitrogen and oxygen atoms in total. The summed E-state index contributed by atoms with van der Waals surface area (Å²) in [7, 11) is 3.44. The zero-order valence-corrected chi connectivity index (χ0v) is 38.8. The first-order valence-electron chi connectivity index (χ1n) is 22.1. The lowest BCUT2D eigenvalue weighted by molar-refractivity contribution is -0.160. The maximum absolute atomic E-state index is 14.9. The van der Waals surface area contributed by atoms with Crippen LogP contribution in [0.1, 0.15) is 74.7 Å². The number of ether oxygens (including phenoxy) is 4. The number of nitrogens with zero attached hydrogens (tertiary/aromatic N) is 3. The zero-order valence-electron chi connectivity index (χ0n) is 38.8. The third-order valence-electron chi connectivity index (χ3n) is 13.4. The Labute approximate surface area is 381 Å². The van der Waals surface area contributed by atoms with Crippen molar-refractivity contribution in [3.05, 3.63) is 75.2 Å². The highest BCUT2D eigenvalue weighted by molar-refractivity contribution is 6.26. The largest absolute Gasteiger partial charge is 0.505 e. The lowest BCUT2D eigenvalue weighted by Gasteiger charge is -2.38. The number of aromatic nitrogens is 1. The molecule has 1 aromatic heterocycles. The Morgan fingerprint density at radius 3 is 2.32 bits per heavy atom. The molecule has 3 aliphatic heterocycles. The van der Waals surface area contributed by atoms with Gasteiger partial charge in [-0.3, -0.25) is 24.0 Å². The molecule has 7 rings (SSSR count). The summed E-state index contributed by atoms with van der Waals surface area (Å²) in [5, 5.41) is 37.5. The number of fused-ring (bicyclic) bond motifs is 2. The minimum atomic E-state index is -2.08. The van der Waals surface area contributed by atoms with Crippen LogP contribution in [0.3, 0.4) is 0 Å². The minimum absolute atomic E-state index is 0.0296. The highest BCUT2D eigenvalue weighted by atomic mass is 16.7. The van der Waals surface area contributed by atoms with Gasteiger partial charge >= 0.3 is 11.8 Å². The molecule has 0 spiro atoms. The highest BCUT2D eigenvalue weighted by Gasteiger charge is 2.50. The third-order valence-corrected chi connectivity index (χ3v) is 13.4. The van der Waals surface area contributed by atoms with Gasteiger partial charge in [0.2, 0.25) is 0 Å². The summed E-state index contributed by atoms with van der Waals surface area (Å²) in [6, 6.07) is 3.18. The van der Waals surface area contributed by atoms with Gasteiger partial charge in [-0.25, -0.2) is 4.98 Å². The van der Waals surface area contributed by atoms with Gasteiger partial charge in [-0.05, 0) is 39.1 Å². The Kier molecular flexibility index (Phi) is 13.5. The molecule has 4 N–H and O–H groups in total. The number of anilines is 2. The molecule has 0 radical (unpaired) electrons. The smallest absolute Gasteiger partial charge is 0.312 e. The molecule has 0 aliphatic carbocycles. The SMILES string of the molecule is CO[C@H]1/C=C/O[C@@]2(C)Oc3c(C)c(=O)c4c(O)c(c5oc6cc(C=O)cc(N7CCN(C)CC7)c6nc5c4c3C2=O)NC(=O)/C(C)=C\C=C\[C@H](C)[C@H](O)[C@@H](C)[C@@H](O)[C@@H](C)[C@H](OC(C)=O)[C@@H]1C. The topological polar surface area (TPSA) is 227 Å². The number of likely N-dealkylation sites (N-methyl/N-ethyl adjacent to an activating group) is 1. The fourth-order valence-electron chi connectivity index (χ4n) is 9.27. The molecule has 0 saturated carbocycles. The number of methoxy groups -OCH3 is 1. The molecule has 9 atom stereocenters. The van der Waals surface area contributed by atoms with Crippen molar-refractivity contribution in [1.82, 2.24) is 9.88 Å². The third kappa shape index (κ3) is 8.56. The Balaban J connectivity index is 1.49. The predicted molar refractivity (Wildman–Crippen MR) is 247 cm³/mol. The standard InChI is InChI=1S/C49H58N4O13/c1-23-12-11-13-24(2)48(61)51-39-43(59)35-34(38-46(39)65-33-21-30(22-54)20-31(37(33)50-38)53-17-15-52(9)16-18-53)36-45(28(6)42(35)58)66-49(8,47(36)60)63-19-14-32(62-10)25(3)44(64-29(7)55)27(5)41(57)26(4)40(23)56/h11-14,19-23,25-27,32,40-41,44,56-57,59H,15-18H2,1-10H3,(H,51,61)/b12-11+,19-14+,24-13-/t23-,25+,26+,27+,32-,40-,41+,44+,49-/m0/s1. The average molecular weight is 911 g/mol. The van der Waals surface area contributed by atoms with Gasteiger partial charge in [0.05, 0.1) is 41.2 Å². The Morgan fingerprint density at radius 1 is 0.970 bits per heavy atom. The summed E-state index contributed by atoms with van der Waals surface area (Å²) in [4.78, 5) is 77.5. The van der Waals surface area contributed by atoms with Gasteiger partial charge in [-0.1, -0.05) is 45.9 Å². The van der Waals surface area contributed by atoms with Gasteiger partial charge in [-0.2, -0.15) is 0 Å². The van der Waals surface area contributed by atoms with E-state index in [0.717, 1.165) is 13.1 Å². The number of allylic oxidation sites excluding steroid dienone is 2. The van der Waals surface area contributed by atoms with Crippen molar-refractivity contribution in [3.63, 3.8) is 0 Å². The van der Waals surface area contributed by atoms with Crippen LogP contribution >= 0.6 is 0 Å². The number of esters is 1. The molecule has 1 amide bonds. The molecular weight excluding hydrogens is 853 g/mol. The van der Waals surface area contributed by atoms with E-state index in [1.807, 2.05) is 7.05 Å². The number of rotatable bonds is 4. The van der Waals surface area contributed by atoms with Gasteiger partial charge in [0.1, 0.15) is 34.9 Å². The molecule has 4 heterocycles. The van der Waals surface area contributed by atoms with E-state index in [2.05, 4.69) is 15.1 Å². The van der Waals surface area contributed by atoms with Crippen molar-refractivity contribution in [2.45, 2.75) is 85.6 Å². The number of phenols is 1. The molecule has 352 valence electrons. The second kappa shape index (κ2) is 18.6. The van der Waals surface area contributed by atoms with E-state index in [1.165, 1.54) is 59.3 Å². The lowest BCUT2D eigenvalue weighted by atomic mass is 9.78. The number of amides is 1. The minimum Gasteiger partial charge on any atom is -0.505 e. The van der Waals surface area contributed by atoms with Gasteiger partial charge < -0.3 is 53.8 Å². The van der Waals surface area contributed by atoms with Gasteiger partial charge in [0, 0.05) is 92.9 Å². The number of benzene rings is 3. The van der Waals surface area contributed by atoms with E-state index in [0.29, 0.717) is 30.6 Å². The van der Waals surface area contributed by atoms with Crippen molar-refractivity contribution in [2.24, 2.45) is 23.7 Å². The van der Waals surface area contributed by atoms with Crippen LogP contribution in [-0.4, -0.2) is 120 Å². The van der Waals surface area contributed by atoms with Crippen molar-refractivity contribution in [1.29, 1.82) is 0 Å². The molecular formula is C49H58N4O13. The summed E-state index contributed by atoms with van der Waals surface area (Å²) in [5.74, 6) is -7.48. The van der Waals surface area contributed by atoms with E-state index in [-0.39, 0.29) is 61.2 Å². The maximum Gasteiger partial charge on any atom is 0.312 e. The molecule has 0 unspecified atom stereocenters. The van der Waals surface area contributed by atoms with Gasteiger partial charge in [0.15, 0.2) is 22.3 Å². The Bertz CT molecular complexity index is 2770. The molecule has 1 saturated heterocycles. The number of phenolic OH excluding ortho intramolecular Hbond substituents is 1. The molecule has 3 aliphatic rings. The van der Waals surface area contributed by atoms with Crippen molar-refractivity contribution in [3.8, 4) is 11.5 Å². The first-order valence-corrected chi connectivity index (χ1v) is 22.1. The van der Waals surface area contributed by atoms with E-state index >= 15 is 0 Å². The highest BCUT2D eigenvalue weighted by Crippen LogP contribution is 2.49. The maximum atomic E-state index is 14.9. The molecule has 4 bridgehead atoms. The van der Waals surface area contributed by atoms with E-state index in [9.17, 15) is 39.3 Å². The number of hydrogen-bond donors (Lipinski definition) is 4. The number of nitrogens with one attached hydrogen (secondary N) is 1. The summed E-state index contributed by atoms with van der Waals surface area (Å²) in [6.45, 7) is 15.1. The summed E-state index contributed by atoms with van der Waals surface area (Å²) < 4.78 is 30.5. The second-order valence-corrected chi connectivity index (χ2v) is 18.0. The van der Waals surface area contributed by atoms with Crippen LogP contribution in [0.4, 0.5) is 11.4 Å². The van der Waals surface area contributed by atoms with Crippen LogP contribution in [0.2, 0.25) is 0 Å². The summed E-state index contributed by atoms with van der Waals surface area (Å²) in [6.07, 6.45) is 4.17. The Hall–Kier alpha value is -6.14. The number of carbonyl (C=O) groups is 4. The summed E-state index contributed by atoms with van der Waals surface area (Å²) in [5.41, 5.74) is -0.0171. The van der Waals surface area contributed by atoms with Crippen LogP contribution < -0.4 is 20.4 Å². The molecule has 4 aromatic rings. The monoisotopic (exact) mass is 910 g/mol. The van der Waals surface area contributed by atoms with Crippen molar-refractivity contribution in [2.75, 3.05) is 50.6 Å². The van der Waals surface area contributed by atoms with Gasteiger partial charge in [0.25, 0.3) is 11.7 Å². The molecule has 66 heavy (non-hydrogen) atoms. The second-order valence-electron chi connectivity index (χ2n) is 18.0. The quantitative estimate of drug-likeness (QED) is 0.0646. The van der Waals surface area contributed by atoms with E-state index < -0.39 is 82.7 Å². The fraction of sp³-hybridized carbons (Fsp3) is 0.469. The number of aldehydes is 1. The molecule has 17 heteroatoms. The number of hydrogen-bond acceptors (Lipinski definition) is 16. The zero-order chi connectivity index (χ0) is 48.1. The van der Waals surface area contributed by atoms with Crippen LogP contribution in [0.5, 0.6) is 11.5 Å². The number of aliphatic hydroxyl groups is 2. The molecule has 3 aromatic carbocycles. The number of piperazine rings is 1. The number of aromatic hydroxyl groups is 1. The summed E-state index contributed by atoms with van der Waals surface area (Å²) >= 11 is 0. The Morgan fingerprint density at radius 2 is 1.67 bits per heavy atom. The number of ketones is 1. The van der Waals surface area contributed by atoms with Crippen molar-refractivity contribution < 1.29 is 57.9 Å². The average Bonchev–Trinajstić information content (AvgIpc) is 3.56. The van der Waals surface area contributed by atoms with E-state index in [1.54, 1.807) is 45.9 Å². The van der Waals surface area contributed by atoms with E-state index in [4.69, 9.17) is 28.3 Å². The number of Topliss-reactive ketones (excluding diaryl/α,β-unsaturated/α-hetero) is 1. The van der Waals surface area contributed by atoms with Crippen LogP contribution in [0, 0.1) is 30.6 Å². The predicted octanol–water partition coefficient (Wildman–Crippen LogP) is 5.56. The van der Waals surface area contributed by atoms with Crippen molar-refractivity contribution >= 4 is 68.3 Å². The van der Waals surface area contributed by atoms with Crippen LogP contribution in [-0.2, 0) is 23.8 Å².